The van der Waals surface area contributed by atoms with E-state index in [1.165, 1.54) is 0 Å². The zero-order chi connectivity index (χ0) is 7.98. The fourth-order valence-electron chi connectivity index (χ4n) is 0.275. The molecule has 0 aromatic rings. The molecule has 0 aromatic carbocycles. The normalized spacial score (nSPS) is 12.2. The van der Waals surface area contributed by atoms with Crippen LogP contribution in [0.2, 0.25) is 0 Å². The van der Waals surface area contributed by atoms with Gasteiger partial charge in [0.15, 0.2) is 0 Å². The Balaban J connectivity index is 3.19. The lowest BCUT2D eigenvalue weighted by Gasteiger charge is -2.04. The first-order chi connectivity index (χ1) is 4.66. The van der Waals surface area contributed by atoms with Crippen molar-refractivity contribution < 1.29 is 14.7 Å². The minimum atomic E-state index is -0.579. The maximum Gasteiger partial charge on any atom is 0.266 e. The zero-order valence-electron chi connectivity index (χ0n) is 5.83. The lowest BCUT2D eigenvalue weighted by molar-refractivity contribution is -0.130. The smallest absolute Gasteiger partial charge is 0.266 e. The number of aliphatic hydroxyl groups is 1. The van der Waals surface area contributed by atoms with Crippen LogP contribution in [0.5, 0.6) is 0 Å². The minimum Gasteiger partial charge on any atom is -0.391 e. The third-order valence-electron chi connectivity index (χ3n) is 0.683. The molecule has 1 amide bonds. The van der Waals surface area contributed by atoms with Crippen molar-refractivity contribution in [1.82, 2.24) is 5.48 Å². The number of carbonyl (C=O) groups excluding carboxylic acids is 1. The molecule has 0 aromatic heterocycles. The van der Waals surface area contributed by atoms with Crippen LogP contribution >= 0.6 is 0 Å². The quantitative estimate of drug-likeness (QED) is 0.418. The van der Waals surface area contributed by atoms with Crippen molar-refractivity contribution in [2.75, 3.05) is 6.61 Å². The summed E-state index contributed by atoms with van der Waals surface area (Å²) in [4.78, 5) is 14.9. The van der Waals surface area contributed by atoms with Crippen molar-refractivity contribution in [2.24, 2.45) is 0 Å². The van der Waals surface area contributed by atoms with Crippen molar-refractivity contribution in [2.45, 2.75) is 13.0 Å². The predicted molar refractivity (Wildman–Crippen MR) is 36.0 cm³/mol. The average Bonchev–Trinajstić information content (AvgIpc) is 1.87. The van der Waals surface area contributed by atoms with Gasteiger partial charge >= 0.3 is 0 Å². The fourth-order valence-corrected chi connectivity index (χ4v) is 0.275. The molecule has 0 saturated heterocycles. The van der Waals surface area contributed by atoms with Crippen molar-refractivity contribution in [1.29, 1.82) is 0 Å². The first-order valence-corrected chi connectivity index (χ1v) is 2.89. The Kier molecular flexibility index (Phi) is 4.53. The van der Waals surface area contributed by atoms with E-state index in [1.807, 2.05) is 5.48 Å². The van der Waals surface area contributed by atoms with Gasteiger partial charge in [0.05, 0.1) is 6.10 Å². The van der Waals surface area contributed by atoms with Crippen molar-refractivity contribution in [3.05, 3.63) is 12.7 Å². The molecule has 4 heteroatoms. The van der Waals surface area contributed by atoms with Crippen LogP contribution in [-0.2, 0) is 9.63 Å². The minimum absolute atomic E-state index is 0.0829. The van der Waals surface area contributed by atoms with E-state index < -0.39 is 12.0 Å². The molecule has 0 aliphatic rings. The molecule has 0 fully saturated rings. The van der Waals surface area contributed by atoms with E-state index in [0.717, 1.165) is 6.08 Å². The van der Waals surface area contributed by atoms with Crippen LogP contribution in [0, 0.1) is 0 Å². The molecule has 0 heterocycles. The van der Waals surface area contributed by atoms with Crippen molar-refractivity contribution in [3.8, 4) is 0 Å². The monoisotopic (exact) mass is 145 g/mol. The summed E-state index contributed by atoms with van der Waals surface area (Å²) in [5.74, 6) is -0.416. The Hall–Kier alpha value is -0.870. The molecule has 2 N–H and O–H groups in total. The second-order valence-corrected chi connectivity index (χ2v) is 1.83. The van der Waals surface area contributed by atoms with E-state index in [-0.39, 0.29) is 6.61 Å². The van der Waals surface area contributed by atoms with Crippen LogP contribution in [0.1, 0.15) is 6.92 Å². The van der Waals surface area contributed by atoms with Gasteiger partial charge in [-0.1, -0.05) is 6.58 Å². The summed E-state index contributed by atoms with van der Waals surface area (Å²) in [7, 11) is 0. The van der Waals surface area contributed by atoms with E-state index in [1.54, 1.807) is 6.92 Å². The largest absolute Gasteiger partial charge is 0.391 e. The zero-order valence-corrected chi connectivity index (χ0v) is 5.83. The molecular weight excluding hydrogens is 134 g/mol. The number of amides is 1. The maximum absolute atomic E-state index is 10.4. The number of aliphatic hydroxyl groups excluding tert-OH is 1. The van der Waals surface area contributed by atoms with Crippen molar-refractivity contribution in [3.63, 3.8) is 0 Å². The second kappa shape index (κ2) is 4.96. The van der Waals surface area contributed by atoms with Crippen LogP contribution in [-0.4, -0.2) is 23.7 Å². The van der Waals surface area contributed by atoms with Gasteiger partial charge in [-0.15, -0.1) is 0 Å². The molecule has 1 atom stereocenters. The Morgan fingerprint density at radius 2 is 2.60 bits per heavy atom. The fraction of sp³-hybridized carbons (Fsp3) is 0.500. The number of hydrogen-bond donors (Lipinski definition) is 2. The van der Waals surface area contributed by atoms with E-state index in [0.29, 0.717) is 0 Å². The number of carbonyl (C=O) groups is 1. The van der Waals surface area contributed by atoms with E-state index in [9.17, 15) is 4.79 Å². The van der Waals surface area contributed by atoms with Gasteiger partial charge in [0.2, 0.25) is 0 Å². The van der Waals surface area contributed by atoms with E-state index in [2.05, 4.69) is 11.4 Å². The molecular formula is C6H11NO3. The first-order valence-electron chi connectivity index (χ1n) is 2.89. The molecule has 1 unspecified atom stereocenters. The standard InChI is InChI=1S/C6H11NO3/c1-3-6(9)7-10-4-5(2)8/h3,5,8H,1,4H2,2H3,(H,7,9). The van der Waals surface area contributed by atoms with Gasteiger partial charge < -0.3 is 5.11 Å². The number of rotatable bonds is 4. The number of hydroxylamine groups is 1. The molecule has 0 aliphatic heterocycles. The molecule has 0 rings (SSSR count). The highest BCUT2D eigenvalue weighted by molar-refractivity contribution is 5.85. The summed E-state index contributed by atoms with van der Waals surface area (Å²) >= 11 is 0. The molecule has 58 valence electrons. The Labute approximate surface area is 59.4 Å². The summed E-state index contributed by atoms with van der Waals surface area (Å²) in [5, 5.41) is 8.64. The third-order valence-corrected chi connectivity index (χ3v) is 0.683. The summed E-state index contributed by atoms with van der Waals surface area (Å²) in [6, 6.07) is 0. The van der Waals surface area contributed by atoms with Crippen LogP contribution in [0.25, 0.3) is 0 Å². The molecule has 0 saturated carbocycles. The van der Waals surface area contributed by atoms with Crippen LogP contribution in [0.3, 0.4) is 0 Å². The number of nitrogens with one attached hydrogen (secondary N) is 1. The topological polar surface area (TPSA) is 58.6 Å². The van der Waals surface area contributed by atoms with Crippen LogP contribution in [0.4, 0.5) is 0 Å². The molecule has 4 nitrogen and oxygen atoms in total. The first kappa shape index (κ1) is 9.13. The molecule has 0 radical (unpaired) electrons. The highest BCUT2D eigenvalue weighted by Crippen LogP contribution is 1.78. The van der Waals surface area contributed by atoms with Gasteiger partial charge in [0.1, 0.15) is 6.61 Å². The van der Waals surface area contributed by atoms with E-state index in [4.69, 9.17) is 5.11 Å². The predicted octanol–water partition coefficient (Wildman–Crippen LogP) is -0.399. The second-order valence-electron chi connectivity index (χ2n) is 1.83. The lowest BCUT2D eigenvalue weighted by Crippen LogP contribution is -2.25. The van der Waals surface area contributed by atoms with Gasteiger partial charge in [-0.25, -0.2) is 5.48 Å². The summed E-state index contributed by atoms with van der Waals surface area (Å²) in [5.41, 5.74) is 2.05. The van der Waals surface area contributed by atoms with Crippen molar-refractivity contribution >= 4 is 5.91 Å². The Morgan fingerprint density at radius 3 is 3.00 bits per heavy atom. The Morgan fingerprint density at radius 1 is 2.00 bits per heavy atom. The van der Waals surface area contributed by atoms with E-state index >= 15 is 0 Å². The van der Waals surface area contributed by atoms with Gasteiger partial charge in [-0.05, 0) is 13.0 Å². The molecule has 0 bridgehead atoms. The SMILES string of the molecule is C=CC(=O)NOCC(C)O. The maximum atomic E-state index is 10.4. The van der Waals surface area contributed by atoms with Gasteiger partial charge in [0.25, 0.3) is 5.91 Å². The average molecular weight is 145 g/mol. The van der Waals surface area contributed by atoms with Gasteiger partial charge in [0, 0.05) is 0 Å². The highest BCUT2D eigenvalue weighted by Gasteiger charge is 1.96. The Bertz CT molecular complexity index is 122. The molecule has 0 spiro atoms. The number of hydrogen-bond acceptors (Lipinski definition) is 3. The van der Waals surface area contributed by atoms with Gasteiger partial charge in [-0.2, -0.15) is 0 Å². The summed E-state index contributed by atoms with van der Waals surface area (Å²) in [6.07, 6.45) is 0.507. The van der Waals surface area contributed by atoms with Gasteiger partial charge in [-0.3, -0.25) is 9.63 Å². The summed E-state index contributed by atoms with van der Waals surface area (Å²) < 4.78 is 0. The molecule has 0 aliphatic carbocycles. The summed E-state index contributed by atoms with van der Waals surface area (Å²) in [6.45, 7) is 4.84. The highest BCUT2D eigenvalue weighted by atomic mass is 16.7. The van der Waals surface area contributed by atoms with Crippen LogP contribution < -0.4 is 5.48 Å². The lowest BCUT2D eigenvalue weighted by atomic mass is 10.5. The molecule has 10 heavy (non-hydrogen) atoms. The van der Waals surface area contributed by atoms with Crippen LogP contribution in [0.15, 0.2) is 12.7 Å². The third kappa shape index (κ3) is 5.27.